The largest absolute Gasteiger partial charge is 0.472 e. The second-order valence-corrected chi connectivity index (χ2v) is 9.12. The fourth-order valence-corrected chi connectivity index (χ4v) is 4.61. The van der Waals surface area contributed by atoms with E-state index in [9.17, 15) is 4.79 Å². The normalized spacial score (nSPS) is 14.8. The fraction of sp³-hybridized carbons (Fsp3) is 0.261. The molecule has 0 bridgehead atoms. The van der Waals surface area contributed by atoms with E-state index in [0.717, 1.165) is 59.7 Å². The van der Waals surface area contributed by atoms with Crippen LogP contribution in [-0.4, -0.2) is 45.0 Å². The first kappa shape index (κ1) is 21.0. The summed E-state index contributed by atoms with van der Waals surface area (Å²) in [5.41, 5.74) is 2.99. The van der Waals surface area contributed by atoms with Crippen LogP contribution in [0.3, 0.4) is 0 Å². The lowest BCUT2D eigenvalue weighted by Crippen LogP contribution is -2.39. The molecule has 0 unspecified atom stereocenters. The number of furan rings is 1. The number of aromatic nitrogens is 3. The Morgan fingerprint density at radius 3 is 2.81 bits per heavy atom. The first-order valence-corrected chi connectivity index (χ1v) is 11.6. The van der Waals surface area contributed by atoms with Crippen molar-refractivity contribution in [1.29, 1.82) is 0 Å². The Labute approximate surface area is 198 Å². The van der Waals surface area contributed by atoms with Gasteiger partial charge in [0.05, 0.1) is 28.2 Å². The number of hydrogen-bond donors (Lipinski definition) is 1. The third-order valence-electron chi connectivity index (χ3n) is 5.82. The van der Waals surface area contributed by atoms with Crippen LogP contribution in [0.4, 0.5) is 5.82 Å². The molecule has 5 rings (SSSR count). The van der Waals surface area contributed by atoms with Crippen molar-refractivity contribution >= 4 is 44.9 Å². The molecule has 1 amide bonds. The van der Waals surface area contributed by atoms with Crippen LogP contribution in [-0.2, 0) is 0 Å². The first-order chi connectivity index (χ1) is 15.6. The summed E-state index contributed by atoms with van der Waals surface area (Å²) in [5, 5.41) is 8.66. The Morgan fingerprint density at radius 1 is 1.25 bits per heavy atom. The maximum absolute atomic E-state index is 12.5. The Kier molecular flexibility index (Phi) is 5.89. The molecule has 4 aromatic rings. The van der Waals surface area contributed by atoms with Gasteiger partial charge in [0.2, 0.25) is 0 Å². The summed E-state index contributed by atoms with van der Waals surface area (Å²) < 4.78 is 7.65. The molecular weight excluding hydrogens is 494 g/mol. The van der Waals surface area contributed by atoms with Crippen LogP contribution in [0, 0.1) is 5.92 Å². The van der Waals surface area contributed by atoms with Crippen molar-refractivity contribution in [2.24, 2.45) is 5.92 Å². The van der Waals surface area contributed by atoms with E-state index < -0.39 is 0 Å². The number of amides is 1. The number of likely N-dealkylation sites (tertiary alicyclic amines) is 1. The van der Waals surface area contributed by atoms with Crippen LogP contribution in [0.15, 0.2) is 64.0 Å². The summed E-state index contributed by atoms with van der Waals surface area (Å²) in [5.74, 6) is 1.34. The molecule has 0 atom stereocenters. The number of hydrogen-bond acceptors (Lipinski definition) is 5. The van der Waals surface area contributed by atoms with Gasteiger partial charge in [-0.05, 0) is 46.8 Å². The molecule has 1 N–H and O–H groups in total. The number of rotatable bonds is 5. The van der Waals surface area contributed by atoms with Crippen molar-refractivity contribution in [3.05, 3.63) is 70.2 Å². The molecule has 0 aliphatic carbocycles. The molecule has 7 nitrogen and oxygen atoms in total. The minimum atomic E-state index is 0.0341. The van der Waals surface area contributed by atoms with Crippen molar-refractivity contribution in [1.82, 2.24) is 19.5 Å². The van der Waals surface area contributed by atoms with Crippen molar-refractivity contribution in [3.63, 3.8) is 0 Å². The van der Waals surface area contributed by atoms with E-state index in [4.69, 9.17) is 21.0 Å². The third kappa shape index (κ3) is 4.12. The fourth-order valence-electron chi connectivity index (χ4n) is 4.03. The van der Waals surface area contributed by atoms with Gasteiger partial charge in [0.25, 0.3) is 5.91 Å². The molecule has 0 spiro atoms. The molecule has 9 heteroatoms. The van der Waals surface area contributed by atoms with Gasteiger partial charge in [-0.15, -0.1) is 0 Å². The number of piperidine rings is 1. The van der Waals surface area contributed by atoms with E-state index in [0.29, 0.717) is 16.5 Å². The lowest BCUT2D eigenvalue weighted by Gasteiger charge is -2.32. The van der Waals surface area contributed by atoms with Crippen molar-refractivity contribution < 1.29 is 9.21 Å². The zero-order valence-corrected chi connectivity index (χ0v) is 19.5. The highest BCUT2D eigenvalue weighted by Gasteiger charge is 2.24. The van der Waals surface area contributed by atoms with E-state index in [2.05, 4.69) is 26.3 Å². The number of anilines is 1. The molecule has 1 saturated heterocycles. The predicted octanol–water partition coefficient (Wildman–Crippen LogP) is 5.37. The van der Waals surface area contributed by atoms with Crippen LogP contribution < -0.4 is 5.32 Å². The van der Waals surface area contributed by atoms with E-state index in [-0.39, 0.29) is 5.91 Å². The molecule has 32 heavy (non-hydrogen) atoms. The Balaban J connectivity index is 1.31. The molecule has 1 aliphatic heterocycles. The number of carbonyl (C=O) groups excluding carboxylic acids is 1. The van der Waals surface area contributed by atoms with Gasteiger partial charge in [0.15, 0.2) is 5.65 Å². The quantitative estimate of drug-likeness (QED) is 0.387. The van der Waals surface area contributed by atoms with Crippen molar-refractivity contribution in [3.8, 4) is 11.3 Å². The molecule has 164 valence electrons. The molecule has 1 fully saturated rings. The second kappa shape index (κ2) is 8.96. The van der Waals surface area contributed by atoms with Gasteiger partial charge in [0, 0.05) is 36.3 Å². The Hall–Kier alpha value is -2.84. The van der Waals surface area contributed by atoms with Crippen LogP contribution in [0.25, 0.3) is 16.9 Å². The first-order valence-electron chi connectivity index (χ1n) is 10.4. The second-order valence-electron chi connectivity index (χ2n) is 7.86. The summed E-state index contributed by atoms with van der Waals surface area (Å²) in [7, 11) is 0. The van der Waals surface area contributed by atoms with Gasteiger partial charge in [-0.1, -0.05) is 29.8 Å². The van der Waals surface area contributed by atoms with E-state index in [1.165, 1.54) is 12.5 Å². The molecule has 1 aromatic carbocycles. The molecule has 0 radical (unpaired) electrons. The summed E-state index contributed by atoms with van der Waals surface area (Å²) in [6.07, 6.45) is 6.65. The number of carbonyl (C=O) groups is 1. The monoisotopic (exact) mass is 513 g/mol. The topological polar surface area (TPSA) is 75.7 Å². The maximum atomic E-state index is 12.5. The number of nitrogens with zero attached hydrogens (tertiary/aromatic N) is 4. The third-order valence-corrected chi connectivity index (χ3v) is 6.71. The Morgan fingerprint density at radius 2 is 2.06 bits per heavy atom. The molecule has 3 aromatic heterocycles. The zero-order chi connectivity index (χ0) is 22.1. The minimum absolute atomic E-state index is 0.0341. The highest BCUT2D eigenvalue weighted by atomic mass is 79.9. The number of nitrogens with one attached hydrogen (secondary N) is 1. The Bertz CT molecular complexity index is 1250. The van der Waals surface area contributed by atoms with Gasteiger partial charge in [-0.3, -0.25) is 4.79 Å². The molecule has 0 saturated carbocycles. The molecule has 1 aliphatic rings. The lowest BCUT2D eigenvalue weighted by atomic mass is 9.96. The highest BCUT2D eigenvalue weighted by Crippen LogP contribution is 2.30. The smallest absolute Gasteiger partial charge is 0.257 e. The lowest BCUT2D eigenvalue weighted by molar-refractivity contribution is 0.0694. The maximum Gasteiger partial charge on any atom is 0.257 e. The van der Waals surface area contributed by atoms with Crippen LogP contribution >= 0.6 is 27.5 Å². The van der Waals surface area contributed by atoms with E-state index in [1.54, 1.807) is 16.8 Å². The zero-order valence-electron chi connectivity index (χ0n) is 17.2. The molecular formula is C23H21BrClN5O2. The van der Waals surface area contributed by atoms with E-state index >= 15 is 0 Å². The standard InChI is InChI=1S/C23H21BrClN5O2/c24-18-13-27-30-21(11-20(28-22(18)30)17-3-1-2-4-19(17)25)26-12-15-5-8-29(9-6-15)23(31)16-7-10-32-14-16/h1-4,7,10-11,13-15,26H,5-6,8-9,12H2. The van der Waals surface area contributed by atoms with Gasteiger partial charge in [-0.2, -0.15) is 9.61 Å². The summed E-state index contributed by atoms with van der Waals surface area (Å²) >= 11 is 9.96. The van der Waals surface area contributed by atoms with Crippen LogP contribution in [0.5, 0.6) is 0 Å². The highest BCUT2D eigenvalue weighted by molar-refractivity contribution is 9.10. The SMILES string of the molecule is O=C(c1ccoc1)N1CCC(CNc2cc(-c3ccccc3Cl)nc3c(Br)cnn23)CC1. The van der Waals surface area contributed by atoms with Gasteiger partial charge < -0.3 is 14.6 Å². The average Bonchev–Trinajstić information content (AvgIpc) is 3.48. The minimum Gasteiger partial charge on any atom is -0.472 e. The van der Waals surface area contributed by atoms with Crippen LogP contribution in [0.2, 0.25) is 5.02 Å². The van der Waals surface area contributed by atoms with Gasteiger partial charge in [0.1, 0.15) is 12.1 Å². The van der Waals surface area contributed by atoms with Gasteiger partial charge >= 0.3 is 0 Å². The summed E-state index contributed by atoms with van der Waals surface area (Å²) in [4.78, 5) is 19.2. The summed E-state index contributed by atoms with van der Waals surface area (Å²) in [6.45, 7) is 2.26. The summed E-state index contributed by atoms with van der Waals surface area (Å²) in [6, 6.07) is 11.4. The average molecular weight is 515 g/mol. The van der Waals surface area contributed by atoms with Crippen LogP contribution in [0.1, 0.15) is 23.2 Å². The molecule has 4 heterocycles. The number of halogens is 2. The van der Waals surface area contributed by atoms with Crippen molar-refractivity contribution in [2.45, 2.75) is 12.8 Å². The van der Waals surface area contributed by atoms with Crippen molar-refractivity contribution in [2.75, 3.05) is 25.0 Å². The van der Waals surface area contributed by atoms with Gasteiger partial charge in [-0.25, -0.2) is 4.98 Å². The number of fused-ring (bicyclic) bond motifs is 1. The van der Waals surface area contributed by atoms with E-state index in [1.807, 2.05) is 35.2 Å². The number of benzene rings is 1. The predicted molar refractivity (Wildman–Crippen MR) is 127 cm³/mol.